The summed E-state index contributed by atoms with van der Waals surface area (Å²) in [5, 5.41) is 10.7. The molecule has 1 amide bonds. The van der Waals surface area contributed by atoms with Crippen molar-refractivity contribution in [2.45, 2.75) is 6.92 Å². The molecule has 0 bridgehead atoms. The lowest BCUT2D eigenvalue weighted by molar-refractivity contribution is 0.0737. The average molecular weight is 326 g/mol. The first-order chi connectivity index (χ1) is 10.0. The Morgan fingerprint density at radius 1 is 1.29 bits per heavy atom. The summed E-state index contributed by atoms with van der Waals surface area (Å²) in [7, 11) is 1.83. The van der Waals surface area contributed by atoms with Gasteiger partial charge in [-0.25, -0.2) is 0 Å². The second-order valence-corrected chi connectivity index (χ2v) is 6.63. The molecule has 0 aliphatic carbocycles. The predicted octanol–water partition coefficient (Wildman–Crippen LogP) is 1.80. The van der Waals surface area contributed by atoms with E-state index in [0.717, 1.165) is 23.2 Å². The Bertz CT molecular complexity index is 659. The van der Waals surface area contributed by atoms with Gasteiger partial charge in [-0.2, -0.15) is 0 Å². The molecule has 1 aliphatic rings. The van der Waals surface area contributed by atoms with E-state index in [1.807, 2.05) is 18.9 Å². The van der Waals surface area contributed by atoms with Crippen LogP contribution in [0, 0.1) is 6.92 Å². The summed E-state index contributed by atoms with van der Waals surface area (Å²) >= 11 is 7.53. The van der Waals surface area contributed by atoms with Crippen LogP contribution in [0.2, 0.25) is 5.02 Å². The minimum absolute atomic E-state index is 0.0255. The molecular formula is C13H16ClN5OS. The van der Waals surface area contributed by atoms with E-state index in [0.29, 0.717) is 23.8 Å². The summed E-state index contributed by atoms with van der Waals surface area (Å²) in [6, 6.07) is 1.71. The molecule has 0 saturated carbocycles. The third kappa shape index (κ3) is 2.89. The first-order valence-electron chi connectivity index (χ1n) is 6.71. The van der Waals surface area contributed by atoms with Gasteiger partial charge in [-0.3, -0.25) is 4.79 Å². The van der Waals surface area contributed by atoms with Crippen LogP contribution >= 0.6 is 22.9 Å². The molecule has 1 aliphatic heterocycles. The molecule has 1 saturated heterocycles. The number of piperazine rings is 1. The lowest BCUT2D eigenvalue weighted by atomic mass is 10.3. The normalized spacial score (nSPS) is 15.6. The fraction of sp³-hybridized carbons (Fsp3) is 0.462. The topological polar surface area (TPSA) is 54.3 Å². The molecule has 0 unspecified atom stereocenters. The molecule has 3 rings (SSSR count). The predicted molar refractivity (Wildman–Crippen MR) is 83.2 cm³/mol. The van der Waals surface area contributed by atoms with Crippen molar-refractivity contribution >= 4 is 34.0 Å². The van der Waals surface area contributed by atoms with Crippen molar-refractivity contribution in [3.8, 4) is 0 Å². The zero-order valence-corrected chi connectivity index (χ0v) is 13.5. The Hall–Kier alpha value is -1.60. The second-order valence-electron chi connectivity index (χ2n) is 5.04. The Morgan fingerprint density at radius 3 is 2.52 bits per heavy atom. The van der Waals surface area contributed by atoms with Gasteiger partial charge >= 0.3 is 0 Å². The molecule has 0 atom stereocenters. The van der Waals surface area contributed by atoms with Gasteiger partial charge in [0.25, 0.3) is 5.91 Å². The number of hydrogen-bond donors (Lipinski definition) is 0. The number of carbonyl (C=O) groups excluding carboxylic acids is 1. The third-order valence-corrected chi connectivity index (χ3v) is 4.65. The van der Waals surface area contributed by atoms with Gasteiger partial charge in [0.05, 0.1) is 5.02 Å². The fourth-order valence-corrected chi connectivity index (χ4v) is 3.40. The van der Waals surface area contributed by atoms with Gasteiger partial charge in [0, 0.05) is 39.4 Å². The molecule has 8 heteroatoms. The first-order valence-corrected chi connectivity index (χ1v) is 7.90. The van der Waals surface area contributed by atoms with Gasteiger partial charge in [0.15, 0.2) is 0 Å². The van der Waals surface area contributed by atoms with Crippen LogP contribution in [0.25, 0.3) is 0 Å². The smallest absolute Gasteiger partial charge is 0.270 e. The molecule has 0 spiro atoms. The van der Waals surface area contributed by atoms with Crippen molar-refractivity contribution in [1.29, 1.82) is 0 Å². The van der Waals surface area contributed by atoms with E-state index < -0.39 is 0 Å². The van der Waals surface area contributed by atoms with Crippen LogP contribution in [0.1, 0.15) is 15.5 Å². The van der Waals surface area contributed by atoms with Crippen molar-refractivity contribution < 1.29 is 4.79 Å². The van der Waals surface area contributed by atoms with Crippen LogP contribution in [0.4, 0.5) is 5.13 Å². The van der Waals surface area contributed by atoms with Crippen LogP contribution in [0.15, 0.2) is 12.3 Å². The van der Waals surface area contributed by atoms with E-state index in [1.165, 1.54) is 0 Å². The summed E-state index contributed by atoms with van der Waals surface area (Å²) in [5.74, 6) is 0.0255. The maximum Gasteiger partial charge on any atom is 0.270 e. The van der Waals surface area contributed by atoms with Crippen molar-refractivity contribution in [2.24, 2.45) is 7.05 Å². The highest BCUT2D eigenvalue weighted by Gasteiger charge is 2.25. The van der Waals surface area contributed by atoms with Gasteiger partial charge in [-0.05, 0) is 13.0 Å². The minimum Gasteiger partial charge on any atom is -0.345 e. The molecule has 2 aromatic rings. The molecule has 0 aromatic carbocycles. The summed E-state index contributed by atoms with van der Waals surface area (Å²) in [4.78, 5) is 16.5. The average Bonchev–Trinajstić information content (AvgIpc) is 3.04. The van der Waals surface area contributed by atoms with Crippen LogP contribution in [0.5, 0.6) is 0 Å². The first kappa shape index (κ1) is 14.3. The summed E-state index contributed by atoms with van der Waals surface area (Å²) in [5.41, 5.74) is 0.625. The molecule has 1 fully saturated rings. The van der Waals surface area contributed by atoms with Gasteiger partial charge in [-0.1, -0.05) is 22.9 Å². The van der Waals surface area contributed by atoms with Crippen LogP contribution < -0.4 is 4.90 Å². The number of hydrogen-bond acceptors (Lipinski definition) is 5. The highest BCUT2D eigenvalue weighted by atomic mass is 35.5. The SMILES string of the molecule is Cc1nnc(N2CCN(C(=O)c3cc(Cl)cn3C)CC2)s1. The number of anilines is 1. The standard InChI is InChI=1S/C13H16ClN5OS/c1-9-15-16-13(21-9)19-5-3-18(4-6-19)12(20)11-7-10(14)8-17(11)2/h7-8H,3-6H2,1-2H3. The Labute approximate surface area is 131 Å². The fourth-order valence-electron chi connectivity index (χ4n) is 2.41. The van der Waals surface area contributed by atoms with Crippen LogP contribution in [-0.4, -0.2) is 51.8 Å². The van der Waals surface area contributed by atoms with E-state index in [2.05, 4.69) is 15.1 Å². The van der Waals surface area contributed by atoms with Crippen LogP contribution in [-0.2, 0) is 7.05 Å². The van der Waals surface area contributed by atoms with Crippen LogP contribution in [0.3, 0.4) is 0 Å². The quantitative estimate of drug-likeness (QED) is 0.845. The van der Waals surface area contributed by atoms with Gasteiger partial charge in [0.2, 0.25) is 5.13 Å². The molecule has 6 nitrogen and oxygen atoms in total. The van der Waals surface area contributed by atoms with Crippen molar-refractivity contribution in [3.63, 3.8) is 0 Å². The van der Waals surface area contributed by atoms with E-state index in [4.69, 9.17) is 11.6 Å². The molecule has 3 heterocycles. The number of carbonyl (C=O) groups is 1. The summed E-state index contributed by atoms with van der Waals surface area (Å²) in [6.45, 7) is 4.86. The van der Waals surface area contributed by atoms with Gasteiger partial charge in [0.1, 0.15) is 10.7 Å². The number of aryl methyl sites for hydroxylation is 2. The highest BCUT2D eigenvalue weighted by molar-refractivity contribution is 7.15. The Morgan fingerprint density at radius 2 is 2.00 bits per heavy atom. The third-order valence-electron chi connectivity index (χ3n) is 3.54. The monoisotopic (exact) mass is 325 g/mol. The van der Waals surface area contributed by atoms with Gasteiger partial charge < -0.3 is 14.4 Å². The second kappa shape index (κ2) is 5.65. The van der Waals surface area contributed by atoms with E-state index in [-0.39, 0.29) is 5.91 Å². The number of amides is 1. The highest BCUT2D eigenvalue weighted by Crippen LogP contribution is 2.22. The molecule has 112 valence electrons. The number of halogens is 1. The van der Waals surface area contributed by atoms with E-state index >= 15 is 0 Å². The zero-order valence-electron chi connectivity index (χ0n) is 11.9. The van der Waals surface area contributed by atoms with E-state index in [9.17, 15) is 4.79 Å². The summed E-state index contributed by atoms with van der Waals surface area (Å²) < 4.78 is 1.77. The van der Waals surface area contributed by atoms with Crippen molar-refractivity contribution in [2.75, 3.05) is 31.1 Å². The lowest BCUT2D eigenvalue weighted by Gasteiger charge is -2.34. The number of nitrogens with zero attached hydrogens (tertiary/aromatic N) is 5. The molecule has 21 heavy (non-hydrogen) atoms. The molecule has 0 radical (unpaired) electrons. The lowest BCUT2D eigenvalue weighted by Crippen LogP contribution is -2.49. The number of rotatable bonds is 2. The largest absolute Gasteiger partial charge is 0.345 e. The number of aromatic nitrogens is 3. The van der Waals surface area contributed by atoms with Gasteiger partial charge in [-0.15, -0.1) is 10.2 Å². The Balaban J connectivity index is 1.65. The zero-order chi connectivity index (χ0) is 15.0. The molecule has 2 aromatic heterocycles. The van der Waals surface area contributed by atoms with Crippen molar-refractivity contribution in [3.05, 3.63) is 28.0 Å². The molecular weight excluding hydrogens is 310 g/mol. The maximum absolute atomic E-state index is 12.5. The van der Waals surface area contributed by atoms with E-state index in [1.54, 1.807) is 28.2 Å². The Kier molecular flexibility index (Phi) is 3.86. The minimum atomic E-state index is 0.0255. The van der Waals surface area contributed by atoms with Crippen molar-refractivity contribution in [1.82, 2.24) is 19.7 Å². The molecule has 0 N–H and O–H groups in total. The summed E-state index contributed by atoms with van der Waals surface area (Å²) in [6.07, 6.45) is 1.75. The maximum atomic E-state index is 12.5.